The molecule has 0 aliphatic rings. The number of aromatic nitrogens is 2. The van der Waals surface area contributed by atoms with Crippen molar-refractivity contribution in [3.8, 4) is 5.69 Å². The molecule has 6 rings (SSSR count). The van der Waals surface area contributed by atoms with Crippen LogP contribution in [0.4, 0.5) is 0 Å². The zero-order valence-corrected chi connectivity index (χ0v) is 25.9. The highest BCUT2D eigenvalue weighted by molar-refractivity contribution is 5.87. The van der Waals surface area contributed by atoms with Crippen LogP contribution in [0.5, 0.6) is 0 Å². The van der Waals surface area contributed by atoms with Crippen LogP contribution >= 0.6 is 0 Å². The highest BCUT2D eigenvalue weighted by atomic mass is 16.2. The van der Waals surface area contributed by atoms with Gasteiger partial charge in [0.1, 0.15) is 5.82 Å². The van der Waals surface area contributed by atoms with E-state index in [0.29, 0.717) is 29.7 Å². The molecule has 1 amide bonds. The van der Waals surface area contributed by atoms with Gasteiger partial charge in [-0.1, -0.05) is 109 Å². The molecular weight excluding hydrogens is 554 g/mol. The second-order valence-electron chi connectivity index (χ2n) is 11.6. The van der Waals surface area contributed by atoms with E-state index in [1.54, 1.807) is 4.57 Å². The summed E-state index contributed by atoms with van der Waals surface area (Å²) in [6.45, 7) is 6.54. The molecule has 0 radical (unpaired) electrons. The number of para-hydroxylation sites is 1. The van der Waals surface area contributed by atoms with Gasteiger partial charge in [0, 0.05) is 6.54 Å². The number of rotatable bonds is 9. The van der Waals surface area contributed by atoms with E-state index in [9.17, 15) is 9.59 Å². The summed E-state index contributed by atoms with van der Waals surface area (Å²) < 4.78 is 1.70. The highest BCUT2D eigenvalue weighted by Crippen LogP contribution is 2.32. The maximum absolute atomic E-state index is 15.0. The minimum absolute atomic E-state index is 0.0372. The molecule has 45 heavy (non-hydrogen) atoms. The van der Waals surface area contributed by atoms with Crippen molar-refractivity contribution >= 4 is 16.8 Å². The Balaban J connectivity index is 1.53. The summed E-state index contributed by atoms with van der Waals surface area (Å²) in [5, 5.41) is 0.542. The third kappa shape index (κ3) is 6.20. The lowest BCUT2D eigenvalue weighted by molar-refractivity contribution is -0.134. The van der Waals surface area contributed by atoms with Crippen LogP contribution in [0.1, 0.15) is 52.5 Å². The lowest BCUT2D eigenvalue weighted by Crippen LogP contribution is -2.41. The van der Waals surface area contributed by atoms with Crippen LogP contribution in [0.25, 0.3) is 16.6 Å². The number of aryl methyl sites for hydroxylation is 2. The number of fused-ring (bicyclic) bond motifs is 1. The third-order valence-electron chi connectivity index (χ3n) is 8.67. The molecule has 0 saturated heterocycles. The number of hydrogen-bond acceptors (Lipinski definition) is 3. The predicted molar refractivity (Wildman–Crippen MR) is 182 cm³/mol. The number of hydrogen-bond donors (Lipinski definition) is 0. The van der Waals surface area contributed by atoms with Gasteiger partial charge in [-0.05, 0) is 79.3 Å². The molecule has 0 N–H and O–H groups in total. The average Bonchev–Trinajstić information content (AvgIpc) is 3.07. The van der Waals surface area contributed by atoms with Crippen molar-refractivity contribution in [2.24, 2.45) is 0 Å². The first kappa shape index (κ1) is 29.8. The van der Waals surface area contributed by atoms with Crippen molar-refractivity contribution in [3.05, 3.63) is 177 Å². The van der Waals surface area contributed by atoms with Crippen molar-refractivity contribution < 1.29 is 4.79 Å². The van der Waals surface area contributed by atoms with Crippen molar-refractivity contribution in [2.45, 2.75) is 39.2 Å². The van der Waals surface area contributed by atoms with E-state index >= 15 is 0 Å². The maximum atomic E-state index is 15.0. The van der Waals surface area contributed by atoms with Crippen LogP contribution in [0.2, 0.25) is 0 Å². The first-order valence-electron chi connectivity index (χ1n) is 15.5. The van der Waals surface area contributed by atoms with Crippen molar-refractivity contribution in [1.29, 1.82) is 0 Å². The van der Waals surface area contributed by atoms with Gasteiger partial charge in [-0.25, -0.2) is 4.98 Å². The topological polar surface area (TPSA) is 55.2 Å². The van der Waals surface area contributed by atoms with Gasteiger partial charge in [0.15, 0.2) is 0 Å². The summed E-state index contributed by atoms with van der Waals surface area (Å²) in [6.07, 6.45) is 0.661. The van der Waals surface area contributed by atoms with E-state index in [1.165, 1.54) is 0 Å². The fraction of sp³-hybridized carbons (Fsp3) is 0.175. The number of carbonyl (C=O) groups is 1. The van der Waals surface area contributed by atoms with Gasteiger partial charge in [0.05, 0.1) is 28.6 Å². The van der Waals surface area contributed by atoms with Gasteiger partial charge in [-0.15, -0.1) is 0 Å². The number of carbonyl (C=O) groups excluding carboxylic acids is 1. The second kappa shape index (κ2) is 13.1. The summed E-state index contributed by atoms with van der Waals surface area (Å²) in [5.41, 5.74) is 6.40. The second-order valence-corrected chi connectivity index (χ2v) is 11.6. The van der Waals surface area contributed by atoms with Crippen LogP contribution in [0.3, 0.4) is 0 Å². The van der Waals surface area contributed by atoms with Crippen molar-refractivity contribution in [3.63, 3.8) is 0 Å². The SMILES string of the molecule is Cc1ccc(-n2c(C(C)N(CCc3ccccc3)C(=O)C(c3ccccc3)c3ccccc3)nc3ccccc3c2=O)cc1C. The van der Waals surface area contributed by atoms with E-state index in [2.05, 4.69) is 19.1 Å². The third-order valence-corrected chi connectivity index (χ3v) is 8.67. The van der Waals surface area contributed by atoms with Gasteiger partial charge in [-0.3, -0.25) is 14.2 Å². The average molecular weight is 592 g/mol. The lowest BCUT2D eigenvalue weighted by Gasteiger charge is -2.34. The largest absolute Gasteiger partial charge is 0.332 e. The fourth-order valence-electron chi connectivity index (χ4n) is 6.01. The molecule has 0 fully saturated rings. The van der Waals surface area contributed by atoms with E-state index in [-0.39, 0.29) is 11.5 Å². The minimum Gasteiger partial charge on any atom is -0.332 e. The molecule has 0 bridgehead atoms. The number of amides is 1. The Hall–Kier alpha value is -5.29. The summed E-state index contributed by atoms with van der Waals surface area (Å²) in [4.78, 5) is 36.2. The molecule has 5 aromatic carbocycles. The number of benzene rings is 5. The van der Waals surface area contributed by atoms with E-state index in [1.807, 2.05) is 140 Å². The van der Waals surface area contributed by atoms with Crippen LogP contribution in [-0.4, -0.2) is 26.9 Å². The van der Waals surface area contributed by atoms with Gasteiger partial charge in [0.2, 0.25) is 5.91 Å². The Kier molecular flexibility index (Phi) is 8.70. The zero-order valence-electron chi connectivity index (χ0n) is 25.9. The van der Waals surface area contributed by atoms with E-state index in [0.717, 1.165) is 33.5 Å². The standard InChI is InChI=1S/C40H37N3O2/c1-28-23-24-34(27-29(28)2)43-38(41-36-22-14-13-21-35(36)39(43)44)30(3)42(26-25-31-15-7-4-8-16-31)40(45)37(32-17-9-5-10-18-32)33-19-11-6-12-20-33/h4-24,27,30,37H,25-26H2,1-3H3. The molecule has 6 aromatic rings. The molecule has 0 aliphatic carbocycles. The molecular formula is C40H37N3O2. The highest BCUT2D eigenvalue weighted by Gasteiger charge is 2.33. The van der Waals surface area contributed by atoms with Crippen LogP contribution in [-0.2, 0) is 11.2 Å². The fourth-order valence-corrected chi connectivity index (χ4v) is 6.01. The molecule has 0 spiro atoms. The van der Waals surface area contributed by atoms with Crippen LogP contribution in [0, 0.1) is 13.8 Å². The Morgan fingerprint density at radius 3 is 1.93 bits per heavy atom. The summed E-state index contributed by atoms with van der Waals surface area (Å²) in [7, 11) is 0. The van der Waals surface area contributed by atoms with Crippen LogP contribution in [0.15, 0.2) is 138 Å². The minimum atomic E-state index is -0.520. The first-order valence-corrected chi connectivity index (χ1v) is 15.5. The van der Waals surface area contributed by atoms with Gasteiger partial charge < -0.3 is 4.90 Å². The van der Waals surface area contributed by atoms with Crippen molar-refractivity contribution in [1.82, 2.24) is 14.5 Å². The summed E-state index contributed by atoms with van der Waals surface area (Å²) >= 11 is 0. The maximum Gasteiger partial charge on any atom is 0.266 e. The summed E-state index contributed by atoms with van der Waals surface area (Å²) in [5.74, 6) is -0.0269. The van der Waals surface area contributed by atoms with Crippen molar-refractivity contribution in [2.75, 3.05) is 6.54 Å². The number of nitrogens with zero attached hydrogens (tertiary/aromatic N) is 3. The molecule has 1 aromatic heterocycles. The molecule has 0 saturated carbocycles. The molecule has 1 atom stereocenters. The Bertz CT molecular complexity index is 1950. The smallest absolute Gasteiger partial charge is 0.266 e. The monoisotopic (exact) mass is 591 g/mol. The van der Waals surface area contributed by atoms with Gasteiger partial charge in [0.25, 0.3) is 5.56 Å². The van der Waals surface area contributed by atoms with Gasteiger partial charge >= 0.3 is 0 Å². The molecule has 5 nitrogen and oxygen atoms in total. The first-order chi connectivity index (χ1) is 21.9. The normalized spacial score (nSPS) is 11.9. The zero-order chi connectivity index (χ0) is 31.3. The molecule has 0 aliphatic heterocycles. The summed E-state index contributed by atoms with van der Waals surface area (Å²) in [6, 6.07) is 43.0. The van der Waals surface area contributed by atoms with E-state index in [4.69, 9.17) is 4.98 Å². The Morgan fingerprint density at radius 2 is 1.31 bits per heavy atom. The lowest BCUT2D eigenvalue weighted by atomic mass is 9.89. The van der Waals surface area contributed by atoms with E-state index < -0.39 is 12.0 Å². The quantitative estimate of drug-likeness (QED) is 0.171. The Morgan fingerprint density at radius 1 is 0.733 bits per heavy atom. The van der Waals surface area contributed by atoms with Crippen LogP contribution < -0.4 is 5.56 Å². The Labute approximate surface area is 264 Å². The predicted octanol–water partition coefficient (Wildman–Crippen LogP) is 7.97. The van der Waals surface area contributed by atoms with Gasteiger partial charge in [-0.2, -0.15) is 0 Å². The molecule has 224 valence electrons. The molecule has 5 heteroatoms. The molecule has 1 heterocycles. The molecule has 1 unspecified atom stereocenters.